The molecule has 11 heavy (non-hydrogen) atoms. The largest absolute Gasteiger partial charge is 0.264 e. The topological polar surface area (TPSA) is 43.1 Å². The lowest BCUT2D eigenvalue weighted by Crippen LogP contribution is -1.95. The fraction of sp³-hybridized carbons (Fsp3) is 0.250. The molecule has 0 N–H and O–H groups in total. The van der Waals surface area contributed by atoms with Gasteiger partial charge in [-0.05, 0) is 13.0 Å². The number of hydrogen-bond donors (Lipinski definition) is 0. The summed E-state index contributed by atoms with van der Waals surface area (Å²) in [4.78, 5) is 9.48. The van der Waals surface area contributed by atoms with Gasteiger partial charge in [0.2, 0.25) is 6.54 Å². The molecule has 60 valence electrons. The van der Waals surface area contributed by atoms with Gasteiger partial charge in [0.15, 0.2) is 0 Å². The lowest BCUT2D eigenvalue weighted by Gasteiger charge is -1.86. The van der Waals surface area contributed by atoms with E-state index in [0.29, 0.717) is 0 Å². The van der Waals surface area contributed by atoms with Crippen molar-refractivity contribution in [2.45, 2.75) is 6.92 Å². The van der Waals surface area contributed by atoms with Crippen LogP contribution in [0.1, 0.15) is 6.92 Å². The van der Waals surface area contributed by atoms with E-state index >= 15 is 0 Å². The number of nitro groups is 1. The van der Waals surface area contributed by atoms with Gasteiger partial charge in [-0.2, -0.15) is 0 Å². The van der Waals surface area contributed by atoms with Gasteiger partial charge in [-0.1, -0.05) is 30.4 Å². The molecule has 0 aliphatic rings. The van der Waals surface area contributed by atoms with Crippen LogP contribution in [0.4, 0.5) is 0 Å². The van der Waals surface area contributed by atoms with Crippen molar-refractivity contribution in [3.05, 3.63) is 46.6 Å². The second-order valence-corrected chi connectivity index (χ2v) is 2.06. The van der Waals surface area contributed by atoms with E-state index < -0.39 is 0 Å². The van der Waals surface area contributed by atoms with E-state index in [1.807, 2.05) is 6.92 Å². The molecule has 0 aliphatic carbocycles. The molecule has 0 heterocycles. The van der Waals surface area contributed by atoms with E-state index in [1.54, 1.807) is 18.2 Å². The molecule has 0 aliphatic heterocycles. The Labute approximate surface area is 65.9 Å². The molecule has 0 aromatic heterocycles. The summed E-state index contributed by atoms with van der Waals surface area (Å²) in [5.74, 6) is 0. The molecule has 0 amide bonds. The Kier molecular flexibility index (Phi) is 4.73. The van der Waals surface area contributed by atoms with Crippen molar-refractivity contribution in [2.75, 3.05) is 6.54 Å². The third-order valence-corrected chi connectivity index (χ3v) is 1.02. The molecule has 0 saturated heterocycles. The normalized spacial score (nSPS) is 11.9. The standard InChI is InChI=1S/C8H11NO2/c1-3-5-8(2)6-4-7-9(10)11/h3-6H,1,7H2,2H3/b6-4-,8-5-. The van der Waals surface area contributed by atoms with E-state index in [2.05, 4.69) is 6.58 Å². The first kappa shape index (κ1) is 9.62. The molecule has 0 radical (unpaired) electrons. The first-order valence-corrected chi connectivity index (χ1v) is 3.24. The summed E-state index contributed by atoms with van der Waals surface area (Å²) >= 11 is 0. The van der Waals surface area contributed by atoms with E-state index in [9.17, 15) is 10.1 Å². The highest BCUT2D eigenvalue weighted by Crippen LogP contribution is 1.93. The minimum atomic E-state index is -0.377. The van der Waals surface area contributed by atoms with Gasteiger partial charge in [0.25, 0.3) is 0 Å². The maximum absolute atomic E-state index is 9.85. The van der Waals surface area contributed by atoms with Gasteiger partial charge in [-0.25, -0.2) is 0 Å². The summed E-state index contributed by atoms with van der Waals surface area (Å²) < 4.78 is 0. The highest BCUT2D eigenvalue weighted by atomic mass is 16.6. The SMILES string of the molecule is C=C/C=C(C)\C=C/C[N+](=O)[O-]. The quantitative estimate of drug-likeness (QED) is 0.352. The Hall–Kier alpha value is -1.38. The van der Waals surface area contributed by atoms with E-state index in [0.717, 1.165) is 5.57 Å². The van der Waals surface area contributed by atoms with Gasteiger partial charge in [0.05, 0.1) is 0 Å². The predicted molar refractivity (Wildman–Crippen MR) is 45.0 cm³/mol. The minimum absolute atomic E-state index is 0.123. The summed E-state index contributed by atoms with van der Waals surface area (Å²) in [5, 5.41) is 9.85. The third kappa shape index (κ3) is 6.51. The average Bonchev–Trinajstić information content (AvgIpc) is 1.87. The van der Waals surface area contributed by atoms with Crippen LogP contribution in [0.2, 0.25) is 0 Å². The first-order chi connectivity index (χ1) is 5.16. The highest BCUT2D eigenvalue weighted by molar-refractivity contribution is 5.20. The second kappa shape index (κ2) is 5.41. The molecule has 0 aromatic carbocycles. The van der Waals surface area contributed by atoms with Gasteiger partial charge in [0, 0.05) is 4.92 Å². The third-order valence-electron chi connectivity index (χ3n) is 1.02. The van der Waals surface area contributed by atoms with Crippen LogP contribution in [0.25, 0.3) is 0 Å². The molecular weight excluding hydrogens is 142 g/mol. The predicted octanol–water partition coefficient (Wildman–Crippen LogP) is 1.95. The van der Waals surface area contributed by atoms with Crippen molar-refractivity contribution in [3.63, 3.8) is 0 Å². The molecule has 3 heteroatoms. The van der Waals surface area contributed by atoms with E-state index in [-0.39, 0.29) is 11.5 Å². The van der Waals surface area contributed by atoms with Gasteiger partial charge in [-0.15, -0.1) is 0 Å². The first-order valence-electron chi connectivity index (χ1n) is 3.24. The molecule has 0 saturated carbocycles. The number of rotatable bonds is 4. The molecule has 0 rings (SSSR count). The minimum Gasteiger partial charge on any atom is -0.264 e. The average molecular weight is 153 g/mol. The van der Waals surface area contributed by atoms with Crippen molar-refractivity contribution in [2.24, 2.45) is 0 Å². The van der Waals surface area contributed by atoms with Crippen LogP contribution in [0, 0.1) is 10.1 Å². The zero-order chi connectivity index (χ0) is 8.69. The summed E-state index contributed by atoms with van der Waals surface area (Å²) in [6.07, 6.45) is 6.64. The molecule has 0 aromatic rings. The van der Waals surface area contributed by atoms with Gasteiger partial charge in [0.1, 0.15) is 0 Å². The van der Waals surface area contributed by atoms with Crippen LogP contribution in [0.3, 0.4) is 0 Å². The fourth-order valence-corrected chi connectivity index (χ4v) is 0.566. The van der Waals surface area contributed by atoms with Crippen molar-refractivity contribution >= 4 is 0 Å². The Morgan fingerprint density at radius 1 is 1.73 bits per heavy atom. The van der Waals surface area contributed by atoms with Crippen molar-refractivity contribution < 1.29 is 4.92 Å². The van der Waals surface area contributed by atoms with E-state index in [1.165, 1.54) is 6.08 Å². The van der Waals surface area contributed by atoms with Crippen molar-refractivity contribution in [1.82, 2.24) is 0 Å². The fourth-order valence-electron chi connectivity index (χ4n) is 0.566. The molecular formula is C8H11NO2. The van der Waals surface area contributed by atoms with Crippen LogP contribution in [-0.4, -0.2) is 11.5 Å². The number of allylic oxidation sites excluding steroid dienone is 4. The van der Waals surface area contributed by atoms with Gasteiger partial charge >= 0.3 is 0 Å². The van der Waals surface area contributed by atoms with E-state index in [4.69, 9.17) is 0 Å². The molecule has 0 atom stereocenters. The van der Waals surface area contributed by atoms with Gasteiger partial charge in [-0.3, -0.25) is 10.1 Å². The summed E-state index contributed by atoms with van der Waals surface area (Å²) in [6, 6.07) is 0. The molecule has 0 bridgehead atoms. The summed E-state index contributed by atoms with van der Waals surface area (Å²) in [5.41, 5.74) is 0.960. The monoisotopic (exact) mass is 153 g/mol. The zero-order valence-electron chi connectivity index (χ0n) is 6.49. The maximum Gasteiger partial charge on any atom is 0.222 e. The van der Waals surface area contributed by atoms with Crippen LogP contribution in [0.5, 0.6) is 0 Å². The molecule has 0 fully saturated rings. The van der Waals surface area contributed by atoms with Crippen molar-refractivity contribution in [3.8, 4) is 0 Å². The molecule has 0 unspecified atom stereocenters. The zero-order valence-corrected chi connectivity index (χ0v) is 6.49. The van der Waals surface area contributed by atoms with Gasteiger partial charge < -0.3 is 0 Å². The molecule has 3 nitrogen and oxygen atoms in total. The van der Waals surface area contributed by atoms with Crippen LogP contribution >= 0.6 is 0 Å². The van der Waals surface area contributed by atoms with Crippen LogP contribution < -0.4 is 0 Å². The second-order valence-electron chi connectivity index (χ2n) is 2.06. The Morgan fingerprint density at radius 2 is 2.36 bits per heavy atom. The highest BCUT2D eigenvalue weighted by Gasteiger charge is 1.86. The maximum atomic E-state index is 9.85. The number of hydrogen-bond acceptors (Lipinski definition) is 2. The summed E-state index contributed by atoms with van der Waals surface area (Å²) in [6.45, 7) is 5.24. The summed E-state index contributed by atoms with van der Waals surface area (Å²) in [7, 11) is 0. The van der Waals surface area contributed by atoms with Crippen LogP contribution in [0.15, 0.2) is 36.5 Å². The van der Waals surface area contributed by atoms with Crippen molar-refractivity contribution in [1.29, 1.82) is 0 Å². The number of nitrogens with zero attached hydrogens (tertiary/aromatic N) is 1. The smallest absolute Gasteiger partial charge is 0.222 e. The Bertz CT molecular complexity index is 204. The Balaban J connectivity index is 3.83. The lowest BCUT2D eigenvalue weighted by atomic mass is 10.2. The lowest BCUT2D eigenvalue weighted by molar-refractivity contribution is -0.468. The molecule has 0 spiro atoms. The Morgan fingerprint density at radius 3 is 2.82 bits per heavy atom. The van der Waals surface area contributed by atoms with Crippen LogP contribution in [-0.2, 0) is 0 Å².